The summed E-state index contributed by atoms with van der Waals surface area (Å²) in [5, 5.41) is 0. The third-order valence-corrected chi connectivity index (χ3v) is 4.08. The number of sulfonamides is 1. The highest BCUT2D eigenvalue weighted by molar-refractivity contribution is 9.11. The number of hydrogen-bond acceptors (Lipinski definition) is 4. The summed E-state index contributed by atoms with van der Waals surface area (Å²) in [5.74, 6) is -0.970. The Kier molecular flexibility index (Phi) is 3.91. The van der Waals surface area contributed by atoms with Crippen molar-refractivity contribution in [1.29, 1.82) is 0 Å². The molecule has 1 aromatic heterocycles. The number of carbonyl (C=O) groups excluding carboxylic acids is 1. The van der Waals surface area contributed by atoms with Crippen LogP contribution in [0.3, 0.4) is 0 Å². The fourth-order valence-electron chi connectivity index (χ4n) is 0.961. The summed E-state index contributed by atoms with van der Waals surface area (Å²) in [6, 6.07) is 3.62. The van der Waals surface area contributed by atoms with Crippen molar-refractivity contribution in [3.8, 4) is 0 Å². The average Bonchev–Trinajstić information content (AvgIpc) is 2.47. The van der Waals surface area contributed by atoms with Gasteiger partial charge in [0, 0.05) is 4.88 Å². The zero-order valence-electron chi connectivity index (χ0n) is 8.15. The highest BCUT2D eigenvalue weighted by atomic mass is 79.9. The largest absolute Gasteiger partial charge is 0.273 e. The molecule has 1 heterocycles. The van der Waals surface area contributed by atoms with E-state index in [-0.39, 0.29) is 0 Å². The molecule has 0 spiro atoms. The molecule has 4 nitrogen and oxygen atoms in total. The van der Waals surface area contributed by atoms with Gasteiger partial charge >= 0.3 is 0 Å². The molecule has 7 heteroatoms. The molecule has 0 aromatic carbocycles. The number of carbonyl (C=O) groups is 1. The van der Waals surface area contributed by atoms with E-state index in [9.17, 15) is 13.2 Å². The van der Waals surface area contributed by atoms with Gasteiger partial charge in [0.2, 0.25) is 15.9 Å². The Morgan fingerprint density at radius 2 is 2.13 bits per heavy atom. The van der Waals surface area contributed by atoms with Crippen molar-refractivity contribution >= 4 is 43.2 Å². The zero-order chi connectivity index (χ0) is 11.6. The predicted octanol–water partition coefficient (Wildman–Crippen LogP) is 1.69. The fraction of sp³-hybridized carbons (Fsp3) is 0.375. The van der Waals surface area contributed by atoms with Gasteiger partial charge in [-0.3, -0.25) is 9.52 Å². The Hall–Kier alpha value is -0.400. The molecule has 1 amide bonds. The monoisotopic (exact) mass is 311 g/mol. The summed E-state index contributed by atoms with van der Waals surface area (Å²) in [6.07, 6.45) is 0.960. The smallest absolute Gasteiger partial charge is 0.241 e. The molecule has 15 heavy (non-hydrogen) atoms. The van der Waals surface area contributed by atoms with E-state index in [2.05, 4.69) is 15.9 Å². The highest BCUT2D eigenvalue weighted by Gasteiger charge is 2.19. The summed E-state index contributed by atoms with van der Waals surface area (Å²) >= 11 is 4.69. The first-order chi connectivity index (χ1) is 6.79. The van der Waals surface area contributed by atoms with Crippen molar-refractivity contribution in [3.05, 3.63) is 20.8 Å². The van der Waals surface area contributed by atoms with Gasteiger partial charge in [0.05, 0.1) is 16.0 Å². The molecule has 1 N–H and O–H groups in total. The van der Waals surface area contributed by atoms with Crippen LogP contribution in [0.15, 0.2) is 15.9 Å². The minimum absolute atomic E-state index is 0.462. The maximum Gasteiger partial charge on any atom is 0.241 e. The number of rotatable bonds is 3. The quantitative estimate of drug-likeness (QED) is 0.924. The number of nitrogens with one attached hydrogen (secondary N) is 1. The van der Waals surface area contributed by atoms with Crippen LogP contribution < -0.4 is 4.72 Å². The average molecular weight is 312 g/mol. The maximum atomic E-state index is 11.5. The van der Waals surface area contributed by atoms with Crippen molar-refractivity contribution in [3.63, 3.8) is 0 Å². The van der Waals surface area contributed by atoms with Gasteiger partial charge in [-0.2, -0.15) is 0 Å². The van der Waals surface area contributed by atoms with Crippen molar-refractivity contribution in [2.24, 2.45) is 0 Å². The topological polar surface area (TPSA) is 63.2 Å². The zero-order valence-corrected chi connectivity index (χ0v) is 11.4. The van der Waals surface area contributed by atoms with Crippen LogP contribution in [0.5, 0.6) is 0 Å². The molecule has 1 rings (SSSR count). The SMILES string of the molecule is C[C@@H](C(=O)NS(C)(=O)=O)c1ccc(Br)s1. The van der Waals surface area contributed by atoms with Gasteiger partial charge < -0.3 is 0 Å². The third-order valence-electron chi connectivity index (χ3n) is 1.70. The van der Waals surface area contributed by atoms with Crippen LogP contribution in [0, 0.1) is 0 Å². The summed E-state index contributed by atoms with van der Waals surface area (Å²) in [4.78, 5) is 12.3. The van der Waals surface area contributed by atoms with Crippen LogP contribution in [0.1, 0.15) is 17.7 Å². The molecule has 0 aliphatic carbocycles. The molecule has 0 bridgehead atoms. The molecule has 0 unspecified atom stereocenters. The van der Waals surface area contributed by atoms with Gasteiger partial charge in [-0.1, -0.05) is 0 Å². The first-order valence-electron chi connectivity index (χ1n) is 4.06. The summed E-state index contributed by atoms with van der Waals surface area (Å²) in [7, 11) is -3.48. The Bertz CT molecular complexity index is 466. The van der Waals surface area contributed by atoms with E-state index < -0.39 is 21.8 Å². The van der Waals surface area contributed by atoms with E-state index in [4.69, 9.17) is 0 Å². The van der Waals surface area contributed by atoms with Crippen LogP contribution in [0.25, 0.3) is 0 Å². The molecule has 0 saturated carbocycles. The maximum absolute atomic E-state index is 11.5. The molecule has 0 fully saturated rings. The van der Waals surface area contributed by atoms with Crippen LogP contribution in [0.2, 0.25) is 0 Å². The van der Waals surface area contributed by atoms with Crippen molar-refractivity contribution in [1.82, 2.24) is 4.72 Å². The van der Waals surface area contributed by atoms with E-state index in [1.165, 1.54) is 11.3 Å². The lowest BCUT2D eigenvalue weighted by Crippen LogP contribution is -2.32. The molecule has 0 aliphatic rings. The van der Waals surface area contributed by atoms with Crippen LogP contribution in [-0.2, 0) is 14.8 Å². The molecule has 1 atom stereocenters. The first kappa shape index (κ1) is 12.7. The third kappa shape index (κ3) is 3.92. The van der Waals surface area contributed by atoms with Gasteiger partial charge in [0.1, 0.15) is 0 Å². The van der Waals surface area contributed by atoms with E-state index in [0.29, 0.717) is 0 Å². The van der Waals surface area contributed by atoms with Crippen molar-refractivity contribution in [2.45, 2.75) is 12.8 Å². The Labute approximate surface area is 101 Å². The van der Waals surface area contributed by atoms with Crippen LogP contribution in [-0.4, -0.2) is 20.6 Å². The van der Waals surface area contributed by atoms with E-state index >= 15 is 0 Å². The molecule has 1 aromatic rings. The minimum atomic E-state index is -3.48. The molecule has 84 valence electrons. The van der Waals surface area contributed by atoms with Gasteiger partial charge in [0.25, 0.3) is 0 Å². The molecular weight excluding hydrogens is 302 g/mol. The summed E-state index contributed by atoms with van der Waals surface area (Å²) < 4.78 is 24.6. The molecule has 0 aliphatic heterocycles. The minimum Gasteiger partial charge on any atom is -0.273 e. The van der Waals surface area contributed by atoms with Crippen LogP contribution >= 0.6 is 27.3 Å². The van der Waals surface area contributed by atoms with Gasteiger partial charge in [-0.25, -0.2) is 8.42 Å². The number of amides is 1. The van der Waals surface area contributed by atoms with Gasteiger partial charge in [-0.15, -0.1) is 11.3 Å². The Morgan fingerprint density at radius 3 is 2.53 bits per heavy atom. The second-order valence-electron chi connectivity index (χ2n) is 3.10. The van der Waals surface area contributed by atoms with Crippen molar-refractivity contribution in [2.75, 3.05) is 6.26 Å². The lowest BCUT2D eigenvalue weighted by atomic mass is 10.1. The predicted molar refractivity (Wildman–Crippen MR) is 63.4 cm³/mol. The first-order valence-corrected chi connectivity index (χ1v) is 7.56. The number of thiophene rings is 1. The highest BCUT2D eigenvalue weighted by Crippen LogP contribution is 2.28. The number of hydrogen-bond donors (Lipinski definition) is 1. The Balaban J connectivity index is 2.78. The summed E-state index contributed by atoms with van der Waals surface area (Å²) in [6.45, 7) is 1.67. The number of halogens is 1. The Morgan fingerprint density at radius 1 is 1.53 bits per heavy atom. The van der Waals surface area contributed by atoms with Gasteiger partial charge in [-0.05, 0) is 35.0 Å². The van der Waals surface area contributed by atoms with E-state index in [1.54, 1.807) is 13.0 Å². The van der Waals surface area contributed by atoms with Crippen LogP contribution in [0.4, 0.5) is 0 Å². The second-order valence-corrected chi connectivity index (χ2v) is 7.35. The van der Waals surface area contributed by atoms with E-state index in [1.807, 2.05) is 10.8 Å². The standard InChI is InChI=1S/C8H10BrNO3S2/c1-5(6-3-4-7(9)14-6)8(11)10-15(2,12)13/h3-5H,1-2H3,(H,10,11)/t5-/m1/s1. The van der Waals surface area contributed by atoms with Crippen molar-refractivity contribution < 1.29 is 13.2 Å². The molecule has 0 saturated heterocycles. The van der Waals surface area contributed by atoms with Gasteiger partial charge in [0.15, 0.2) is 0 Å². The normalized spacial score (nSPS) is 13.5. The summed E-state index contributed by atoms with van der Waals surface area (Å²) in [5.41, 5.74) is 0. The molecule has 0 radical (unpaired) electrons. The fourth-order valence-corrected chi connectivity index (χ4v) is 2.98. The van der Waals surface area contributed by atoms with E-state index in [0.717, 1.165) is 14.9 Å². The molecular formula is C8H10BrNO3S2. The lowest BCUT2D eigenvalue weighted by Gasteiger charge is -2.08. The lowest BCUT2D eigenvalue weighted by molar-refractivity contribution is -0.120. The second kappa shape index (κ2) is 4.63.